The van der Waals surface area contributed by atoms with E-state index < -0.39 is 27.9 Å². The smallest absolute Gasteiger partial charge is 0.410 e. The fourth-order valence-electron chi connectivity index (χ4n) is 2.67. The van der Waals surface area contributed by atoms with Gasteiger partial charge in [-0.1, -0.05) is 18.2 Å². The van der Waals surface area contributed by atoms with Crippen molar-refractivity contribution in [1.29, 1.82) is 0 Å². The Kier molecular flexibility index (Phi) is 5.98. The van der Waals surface area contributed by atoms with Crippen molar-refractivity contribution >= 4 is 22.0 Å². The van der Waals surface area contributed by atoms with Gasteiger partial charge in [-0.05, 0) is 45.4 Å². The lowest BCUT2D eigenvalue weighted by atomic mass is 10.2. The minimum atomic E-state index is -3.72. The van der Waals surface area contributed by atoms with Gasteiger partial charge >= 0.3 is 16.3 Å². The fourth-order valence-corrected chi connectivity index (χ4v) is 3.90. The Balaban J connectivity index is 2.09. The highest BCUT2D eigenvalue weighted by atomic mass is 32.2. The average molecular weight is 381 g/mol. The van der Waals surface area contributed by atoms with Gasteiger partial charge in [0.2, 0.25) is 0 Å². The summed E-state index contributed by atoms with van der Waals surface area (Å²) < 4.78 is 34.7. The van der Waals surface area contributed by atoms with Crippen molar-refractivity contribution in [3.05, 3.63) is 42.5 Å². The summed E-state index contributed by atoms with van der Waals surface area (Å²) in [6.45, 7) is 11.6. The summed E-state index contributed by atoms with van der Waals surface area (Å²) in [7, 11) is -3.72. The van der Waals surface area contributed by atoms with Gasteiger partial charge in [0.1, 0.15) is 5.60 Å². The van der Waals surface area contributed by atoms with E-state index in [2.05, 4.69) is 11.3 Å². The van der Waals surface area contributed by atoms with Crippen LogP contribution in [-0.4, -0.2) is 55.0 Å². The molecule has 1 heterocycles. The number of piperazine rings is 1. The molecule has 0 radical (unpaired) electrons. The second-order valence-corrected chi connectivity index (χ2v) is 8.98. The number of nitrogens with one attached hydrogen (secondary N) is 1. The molecule has 0 aliphatic carbocycles. The van der Waals surface area contributed by atoms with Gasteiger partial charge in [0, 0.05) is 19.6 Å². The van der Waals surface area contributed by atoms with Crippen LogP contribution >= 0.6 is 0 Å². The standard InChI is InChI=1S/C18H27N3O4S/c1-6-16-13-20(10-11-21(16)17(22)25-18(3,4)5)26(23,24)19-15-9-7-8-14(2)12-15/h6-9,12,16,19H,1,10-11,13H2,2-5H3/t16-/m1/s1. The lowest BCUT2D eigenvalue weighted by molar-refractivity contribution is 0.0119. The first-order valence-electron chi connectivity index (χ1n) is 8.48. The molecule has 0 spiro atoms. The van der Waals surface area contributed by atoms with Gasteiger partial charge < -0.3 is 4.74 Å². The summed E-state index contributed by atoms with van der Waals surface area (Å²) >= 11 is 0. The summed E-state index contributed by atoms with van der Waals surface area (Å²) in [5.41, 5.74) is 0.859. The molecule has 1 aromatic rings. The SMILES string of the molecule is C=C[C@@H]1CN(S(=O)(=O)Nc2cccc(C)c2)CCN1C(=O)OC(C)(C)C. The second-order valence-electron chi connectivity index (χ2n) is 7.31. The van der Waals surface area contributed by atoms with E-state index in [0.29, 0.717) is 5.69 Å². The highest BCUT2D eigenvalue weighted by Crippen LogP contribution is 2.20. The fraction of sp³-hybridized carbons (Fsp3) is 0.500. The van der Waals surface area contributed by atoms with Gasteiger partial charge in [0.25, 0.3) is 0 Å². The molecule has 1 N–H and O–H groups in total. The number of hydrogen-bond acceptors (Lipinski definition) is 4. The molecule has 1 aliphatic rings. The average Bonchev–Trinajstić information content (AvgIpc) is 2.52. The lowest BCUT2D eigenvalue weighted by Crippen LogP contribution is -2.57. The topological polar surface area (TPSA) is 79.0 Å². The molecule has 0 bridgehead atoms. The van der Waals surface area contributed by atoms with E-state index in [4.69, 9.17) is 4.74 Å². The minimum Gasteiger partial charge on any atom is -0.444 e. The Morgan fingerprint density at radius 1 is 1.35 bits per heavy atom. The number of hydrogen-bond donors (Lipinski definition) is 1. The van der Waals surface area contributed by atoms with Crippen molar-refractivity contribution < 1.29 is 17.9 Å². The maximum Gasteiger partial charge on any atom is 0.410 e. The van der Waals surface area contributed by atoms with E-state index in [-0.39, 0.29) is 19.6 Å². The summed E-state index contributed by atoms with van der Waals surface area (Å²) in [4.78, 5) is 13.9. The van der Waals surface area contributed by atoms with Crippen LogP contribution in [0.3, 0.4) is 0 Å². The van der Waals surface area contributed by atoms with Crippen LogP contribution in [0.5, 0.6) is 0 Å². The zero-order valence-corrected chi connectivity index (χ0v) is 16.5. The first-order valence-corrected chi connectivity index (χ1v) is 9.92. The molecule has 1 atom stereocenters. The number of benzene rings is 1. The number of amides is 1. The molecular weight excluding hydrogens is 354 g/mol. The third-order valence-corrected chi connectivity index (χ3v) is 5.39. The first kappa shape index (κ1) is 20.3. The quantitative estimate of drug-likeness (QED) is 0.814. The van der Waals surface area contributed by atoms with Crippen LogP contribution in [-0.2, 0) is 14.9 Å². The van der Waals surface area contributed by atoms with Crippen LogP contribution in [0, 0.1) is 6.92 Å². The zero-order chi connectivity index (χ0) is 19.5. The predicted molar refractivity (Wildman–Crippen MR) is 102 cm³/mol. The van der Waals surface area contributed by atoms with E-state index in [0.717, 1.165) is 5.56 Å². The summed E-state index contributed by atoms with van der Waals surface area (Å²) in [6, 6.07) is 6.70. The van der Waals surface area contributed by atoms with Crippen LogP contribution in [0.1, 0.15) is 26.3 Å². The molecule has 144 valence electrons. The highest BCUT2D eigenvalue weighted by molar-refractivity contribution is 7.90. The van der Waals surface area contributed by atoms with Crippen molar-refractivity contribution in [3.8, 4) is 0 Å². The molecule has 1 aliphatic heterocycles. The third kappa shape index (κ3) is 5.22. The van der Waals surface area contributed by atoms with Crippen molar-refractivity contribution in [1.82, 2.24) is 9.21 Å². The molecule has 0 saturated carbocycles. The molecule has 7 nitrogen and oxygen atoms in total. The summed E-state index contributed by atoms with van der Waals surface area (Å²) in [5.74, 6) is 0. The molecular formula is C18H27N3O4S. The van der Waals surface area contributed by atoms with E-state index in [1.165, 1.54) is 9.21 Å². The maximum absolute atomic E-state index is 12.7. The van der Waals surface area contributed by atoms with Crippen LogP contribution < -0.4 is 4.72 Å². The van der Waals surface area contributed by atoms with Gasteiger partial charge in [0.15, 0.2) is 0 Å². The molecule has 1 fully saturated rings. The summed E-state index contributed by atoms with van der Waals surface area (Å²) in [6.07, 6.45) is 1.10. The van der Waals surface area contributed by atoms with Crippen LogP contribution in [0.15, 0.2) is 36.9 Å². The monoisotopic (exact) mass is 381 g/mol. The molecule has 0 unspecified atom stereocenters. The van der Waals surface area contributed by atoms with Crippen LogP contribution in [0.2, 0.25) is 0 Å². The van der Waals surface area contributed by atoms with Gasteiger partial charge in [-0.15, -0.1) is 6.58 Å². The van der Waals surface area contributed by atoms with E-state index in [1.807, 2.05) is 13.0 Å². The molecule has 1 saturated heterocycles. The molecule has 2 rings (SSSR count). The Morgan fingerprint density at radius 3 is 2.62 bits per heavy atom. The Bertz CT molecular complexity index is 771. The van der Waals surface area contributed by atoms with Crippen molar-refractivity contribution in [3.63, 3.8) is 0 Å². The third-order valence-electron chi connectivity index (χ3n) is 3.89. The van der Waals surface area contributed by atoms with Gasteiger partial charge in [-0.2, -0.15) is 12.7 Å². The van der Waals surface area contributed by atoms with Crippen LogP contribution in [0.25, 0.3) is 0 Å². The second kappa shape index (κ2) is 7.67. The van der Waals surface area contributed by atoms with Crippen LogP contribution in [0.4, 0.5) is 10.5 Å². The first-order chi connectivity index (χ1) is 12.0. The molecule has 0 aromatic heterocycles. The van der Waals surface area contributed by atoms with E-state index in [9.17, 15) is 13.2 Å². The van der Waals surface area contributed by atoms with Crippen molar-refractivity contribution in [2.75, 3.05) is 24.4 Å². The molecule has 1 amide bonds. The normalized spacial score (nSPS) is 19.1. The Hall–Kier alpha value is -2.06. The number of ether oxygens (including phenoxy) is 1. The Labute approximate surface area is 155 Å². The summed E-state index contributed by atoms with van der Waals surface area (Å²) in [5, 5.41) is 0. The number of rotatable bonds is 4. The number of aryl methyl sites for hydroxylation is 1. The van der Waals surface area contributed by atoms with E-state index in [1.54, 1.807) is 45.0 Å². The lowest BCUT2D eigenvalue weighted by Gasteiger charge is -2.39. The minimum absolute atomic E-state index is 0.129. The maximum atomic E-state index is 12.7. The van der Waals surface area contributed by atoms with Crippen molar-refractivity contribution in [2.24, 2.45) is 0 Å². The highest BCUT2D eigenvalue weighted by Gasteiger charge is 2.36. The molecule has 1 aromatic carbocycles. The predicted octanol–water partition coefficient (Wildman–Crippen LogP) is 2.76. The van der Waals surface area contributed by atoms with Gasteiger partial charge in [-0.3, -0.25) is 9.62 Å². The number of carbonyl (C=O) groups is 1. The largest absolute Gasteiger partial charge is 0.444 e. The molecule has 8 heteroatoms. The number of nitrogens with zero attached hydrogens (tertiary/aromatic N) is 2. The number of carbonyl (C=O) groups excluding carboxylic acids is 1. The van der Waals surface area contributed by atoms with E-state index >= 15 is 0 Å². The van der Waals surface area contributed by atoms with Crippen molar-refractivity contribution in [2.45, 2.75) is 39.3 Å². The van der Waals surface area contributed by atoms with Gasteiger partial charge in [-0.25, -0.2) is 4.79 Å². The molecule has 26 heavy (non-hydrogen) atoms. The zero-order valence-electron chi connectivity index (χ0n) is 15.7. The number of anilines is 1. The Morgan fingerprint density at radius 2 is 2.04 bits per heavy atom. The van der Waals surface area contributed by atoms with Gasteiger partial charge in [0.05, 0.1) is 11.7 Å².